The fourth-order valence-electron chi connectivity index (χ4n) is 3.55. The Kier molecular flexibility index (Phi) is 4.23. The highest BCUT2D eigenvalue weighted by Crippen LogP contribution is 2.36. The van der Waals surface area contributed by atoms with Gasteiger partial charge in [0, 0.05) is 16.3 Å². The Morgan fingerprint density at radius 3 is 2.46 bits per heavy atom. The first-order valence-corrected chi connectivity index (χ1v) is 9.31. The minimum atomic E-state index is -1.11. The predicted octanol–water partition coefficient (Wildman–Crippen LogP) is 3.14. The molecule has 1 aromatic heterocycles. The number of carbonyl (C=O) groups is 2. The van der Waals surface area contributed by atoms with Crippen molar-refractivity contribution in [3.8, 4) is 5.69 Å². The quantitative estimate of drug-likeness (QED) is 0.806. The Morgan fingerprint density at radius 1 is 1.12 bits per heavy atom. The Labute approximate surface area is 156 Å². The molecule has 0 atom stereocenters. The molecule has 0 saturated heterocycles. The van der Waals surface area contributed by atoms with Crippen LogP contribution in [0.4, 0.5) is 0 Å². The van der Waals surface area contributed by atoms with Crippen LogP contribution in [0.3, 0.4) is 0 Å². The average molecular weight is 374 g/mol. The number of hydrogen-bond donors (Lipinski definition) is 2. The number of hydrogen-bond acceptors (Lipinski definition) is 3. The third-order valence-corrected chi connectivity index (χ3v) is 5.48. The number of carboxylic acids is 1. The number of nitrogens with one attached hydrogen (secondary N) is 1. The van der Waals surface area contributed by atoms with Gasteiger partial charge in [-0.1, -0.05) is 18.0 Å². The minimum Gasteiger partial charge on any atom is -0.480 e. The zero-order valence-electron chi connectivity index (χ0n) is 14.3. The van der Waals surface area contributed by atoms with E-state index in [0.717, 1.165) is 49.0 Å². The van der Waals surface area contributed by atoms with E-state index in [1.807, 2.05) is 16.8 Å². The molecule has 2 N–H and O–H groups in total. The van der Waals surface area contributed by atoms with Gasteiger partial charge in [0.2, 0.25) is 0 Å². The van der Waals surface area contributed by atoms with Gasteiger partial charge in [-0.05, 0) is 62.8 Å². The summed E-state index contributed by atoms with van der Waals surface area (Å²) < 4.78 is 1.81. The monoisotopic (exact) mass is 373 g/mol. The number of halogens is 1. The highest BCUT2D eigenvalue weighted by molar-refractivity contribution is 6.30. The van der Waals surface area contributed by atoms with Crippen LogP contribution in [-0.2, 0) is 17.6 Å². The van der Waals surface area contributed by atoms with Crippen LogP contribution in [0.2, 0.25) is 5.02 Å². The van der Waals surface area contributed by atoms with E-state index in [-0.39, 0.29) is 0 Å². The van der Waals surface area contributed by atoms with Gasteiger partial charge in [-0.2, -0.15) is 5.10 Å². The number of fused-ring (bicyclic) bond motifs is 1. The van der Waals surface area contributed by atoms with Crippen molar-refractivity contribution in [1.29, 1.82) is 0 Å². The summed E-state index contributed by atoms with van der Waals surface area (Å²) in [4.78, 5) is 24.2. The smallest absolute Gasteiger partial charge is 0.329 e. The molecule has 4 rings (SSSR count). The van der Waals surface area contributed by atoms with Crippen LogP contribution in [0.15, 0.2) is 24.3 Å². The van der Waals surface area contributed by atoms with Gasteiger partial charge < -0.3 is 10.4 Å². The molecule has 0 unspecified atom stereocenters. The van der Waals surface area contributed by atoms with Crippen molar-refractivity contribution in [2.75, 3.05) is 0 Å². The summed E-state index contributed by atoms with van der Waals surface area (Å²) in [5.41, 5.74) is 2.07. The molecule has 1 fully saturated rings. The second-order valence-corrected chi connectivity index (χ2v) is 7.50. The number of carboxylic acid groups (broad SMARTS) is 1. The summed E-state index contributed by atoms with van der Waals surface area (Å²) >= 11 is 5.98. The number of amides is 1. The third-order valence-electron chi connectivity index (χ3n) is 5.23. The molecule has 0 bridgehead atoms. The zero-order chi connectivity index (χ0) is 18.3. The van der Waals surface area contributed by atoms with E-state index in [0.29, 0.717) is 23.6 Å². The second-order valence-electron chi connectivity index (χ2n) is 7.06. The van der Waals surface area contributed by atoms with Crippen molar-refractivity contribution in [3.05, 3.63) is 46.2 Å². The third kappa shape index (κ3) is 2.98. The van der Waals surface area contributed by atoms with E-state index in [4.69, 9.17) is 11.6 Å². The van der Waals surface area contributed by atoms with Crippen LogP contribution in [0.25, 0.3) is 5.69 Å². The minimum absolute atomic E-state index is 0.351. The Balaban J connectivity index is 1.74. The summed E-state index contributed by atoms with van der Waals surface area (Å²) in [6.07, 6.45) is 5.72. The highest BCUT2D eigenvalue weighted by Gasteiger charge is 2.52. The lowest BCUT2D eigenvalue weighted by Crippen LogP contribution is -2.43. The maximum Gasteiger partial charge on any atom is 0.329 e. The Bertz CT molecular complexity index is 869. The fourth-order valence-corrected chi connectivity index (χ4v) is 3.67. The van der Waals surface area contributed by atoms with Gasteiger partial charge in [0.05, 0.1) is 5.69 Å². The van der Waals surface area contributed by atoms with Crippen molar-refractivity contribution in [3.63, 3.8) is 0 Å². The zero-order valence-corrected chi connectivity index (χ0v) is 15.1. The number of rotatable bonds is 4. The van der Waals surface area contributed by atoms with Crippen LogP contribution >= 0.6 is 11.6 Å². The first kappa shape index (κ1) is 17.1. The van der Waals surface area contributed by atoms with Crippen LogP contribution < -0.4 is 5.32 Å². The maximum atomic E-state index is 12.8. The normalized spacial score (nSPS) is 17.9. The number of benzene rings is 1. The fraction of sp³-hybridized carbons (Fsp3) is 0.421. The summed E-state index contributed by atoms with van der Waals surface area (Å²) in [5, 5.41) is 17.2. The molecule has 2 aliphatic rings. The second kappa shape index (κ2) is 6.43. The largest absolute Gasteiger partial charge is 0.480 e. The molecule has 1 saturated carbocycles. The van der Waals surface area contributed by atoms with Gasteiger partial charge in [-0.3, -0.25) is 4.79 Å². The molecule has 2 aromatic rings. The van der Waals surface area contributed by atoms with Gasteiger partial charge in [0.15, 0.2) is 5.69 Å². The molecule has 1 aromatic carbocycles. The predicted molar refractivity (Wildman–Crippen MR) is 96.9 cm³/mol. The van der Waals surface area contributed by atoms with Crippen LogP contribution in [0.5, 0.6) is 0 Å². The van der Waals surface area contributed by atoms with Crippen molar-refractivity contribution >= 4 is 23.5 Å². The van der Waals surface area contributed by atoms with E-state index in [1.165, 1.54) is 0 Å². The number of carbonyl (C=O) groups excluding carboxylic acids is 1. The number of aliphatic carboxylic acids is 1. The van der Waals surface area contributed by atoms with E-state index in [9.17, 15) is 14.7 Å². The lowest BCUT2D eigenvalue weighted by atomic mass is 10.1. The number of aromatic nitrogens is 2. The maximum absolute atomic E-state index is 12.8. The van der Waals surface area contributed by atoms with Crippen molar-refractivity contribution in [2.24, 2.45) is 0 Å². The van der Waals surface area contributed by atoms with Crippen molar-refractivity contribution < 1.29 is 14.7 Å². The van der Waals surface area contributed by atoms with Crippen LogP contribution in [0.1, 0.15) is 53.8 Å². The van der Waals surface area contributed by atoms with E-state index in [2.05, 4.69) is 10.4 Å². The van der Waals surface area contributed by atoms with E-state index in [1.54, 1.807) is 12.1 Å². The van der Waals surface area contributed by atoms with Gasteiger partial charge in [-0.15, -0.1) is 0 Å². The summed E-state index contributed by atoms with van der Waals surface area (Å²) in [7, 11) is 0. The molecule has 0 aliphatic heterocycles. The summed E-state index contributed by atoms with van der Waals surface area (Å²) in [6.45, 7) is 0. The molecule has 26 heavy (non-hydrogen) atoms. The van der Waals surface area contributed by atoms with E-state index >= 15 is 0 Å². The van der Waals surface area contributed by atoms with E-state index < -0.39 is 17.4 Å². The summed E-state index contributed by atoms with van der Waals surface area (Å²) in [5.74, 6) is -1.37. The van der Waals surface area contributed by atoms with Crippen molar-refractivity contribution in [2.45, 2.75) is 50.5 Å². The first-order chi connectivity index (χ1) is 12.5. The molecular weight excluding hydrogens is 354 g/mol. The molecule has 2 aliphatic carbocycles. The standard InChI is InChI=1S/C19H20ClN3O3/c20-12-6-8-13(9-7-12)23-15-5-3-1-2-4-14(15)16(22-23)17(24)21-19(10-11-19)18(25)26/h6-9H,1-5,10-11H2,(H,21,24)(H,25,26). The lowest BCUT2D eigenvalue weighted by molar-refractivity contribution is -0.140. The van der Waals surface area contributed by atoms with Gasteiger partial charge in [0.1, 0.15) is 5.54 Å². The lowest BCUT2D eigenvalue weighted by Gasteiger charge is -2.11. The molecule has 7 heteroatoms. The molecule has 6 nitrogen and oxygen atoms in total. The molecule has 0 spiro atoms. The van der Waals surface area contributed by atoms with Crippen molar-refractivity contribution in [1.82, 2.24) is 15.1 Å². The summed E-state index contributed by atoms with van der Waals surface area (Å²) in [6, 6.07) is 7.35. The topological polar surface area (TPSA) is 84.2 Å². The highest BCUT2D eigenvalue weighted by atomic mass is 35.5. The Hall–Kier alpha value is -2.34. The average Bonchev–Trinajstić information content (AvgIpc) is 3.36. The number of nitrogens with zero attached hydrogens (tertiary/aromatic N) is 2. The molecule has 136 valence electrons. The van der Waals surface area contributed by atoms with Crippen LogP contribution in [-0.4, -0.2) is 32.3 Å². The van der Waals surface area contributed by atoms with Gasteiger partial charge in [-0.25, -0.2) is 9.48 Å². The SMILES string of the molecule is O=C(NC1(C(=O)O)CC1)c1nn(-c2ccc(Cl)cc2)c2c1CCCCC2. The first-order valence-electron chi connectivity index (χ1n) is 8.93. The Morgan fingerprint density at radius 2 is 1.81 bits per heavy atom. The molecule has 0 radical (unpaired) electrons. The molecule has 1 heterocycles. The van der Waals surface area contributed by atoms with Gasteiger partial charge >= 0.3 is 5.97 Å². The van der Waals surface area contributed by atoms with Gasteiger partial charge in [0.25, 0.3) is 5.91 Å². The molecular formula is C19H20ClN3O3. The molecule has 1 amide bonds. The van der Waals surface area contributed by atoms with Crippen LogP contribution in [0, 0.1) is 0 Å².